The van der Waals surface area contributed by atoms with Crippen molar-refractivity contribution < 1.29 is 4.57 Å². The predicted molar refractivity (Wildman–Crippen MR) is 115 cm³/mol. The molecule has 0 saturated heterocycles. The van der Waals surface area contributed by atoms with E-state index in [1.807, 2.05) is 18.7 Å². The number of nitrogens with zero attached hydrogens (tertiary/aromatic N) is 5. The number of para-hydroxylation sites is 2. The lowest BCUT2D eigenvalue weighted by atomic mass is 10.1. The van der Waals surface area contributed by atoms with Gasteiger partial charge in [-0.3, -0.25) is 4.68 Å². The maximum atomic E-state index is 4.54. The van der Waals surface area contributed by atoms with Crippen LogP contribution >= 0.6 is 0 Å². The molecule has 5 heteroatoms. The largest absolute Gasteiger partial charge is 0.325 e. The molecular weight excluding hydrogens is 346 g/mol. The molecule has 4 rings (SSSR count). The zero-order valence-electron chi connectivity index (χ0n) is 17.9. The standard InChI is InChI=1S/C23H30N5/c1-16(2)27-19-11-8-9-12-20(19)28(23(27,4)5)22-14-10-13-18(25(22)6)21-15-17(3)24-26(21)7/h8-16H,1-7H3/q+1. The summed E-state index contributed by atoms with van der Waals surface area (Å²) in [4.78, 5) is 4.96. The average molecular weight is 377 g/mol. The molecule has 5 nitrogen and oxygen atoms in total. The fourth-order valence-electron chi connectivity index (χ4n) is 4.77. The van der Waals surface area contributed by atoms with Gasteiger partial charge >= 0.3 is 0 Å². The van der Waals surface area contributed by atoms with Crippen LogP contribution in [0, 0.1) is 6.92 Å². The molecule has 1 aromatic carbocycles. The molecule has 3 heterocycles. The van der Waals surface area contributed by atoms with E-state index in [1.165, 1.54) is 11.4 Å². The molecule has 3 aromatic rings. The lowest BCUT2D eigenvalue weighted by Gasteiger charge is -2.38. The molecule has 1 aliphatic heterocycles. The van der Waals surface area contributed by atoms with Crippen LogP contribution in [0.2, 0.25) is 0 Å². The van der Waals surface area contributed by atoms with Crippen LogP contribution < -0.4 is 14.4 Å². The Labute approximate surface area is 167 Å². The minimum absolute atomic E-state index is 0.184. The summed E-state index contributed by atoms with van der Waals surface area (Å²) in [5, 5.41) is 4.54. The molecule has 0 fully saturated rings. The second-order valence-electron chi connectivity index (χ2n) is 8.41. The highest BCUT2D eigenvalue weighted by molar-refractivity contribution is 5.84. The van der Waals surface area contributed by atoms with Crippen molar-refractivity contribution in [1.82, 2.24) is 9.78 Å². The molecule has 146 valence electrons. The van der Waals surface area contributed by atoms with Crippen LogP contribution in [-0.2, 0) is 14.1 Å². The van der Waals surface area contributed by atoms with E-state index in [2.05, 4.69) is 103 Å². The first-order chi connectivity index (χ1) is 13.2. The number of aryl methyl sites for hydroxylation is 2. The van der Waals surface area contributed by atoms with E-state index in [9.17, 15) is 0 Å². The molecule has 0 bridgehead atoms. The van der Waals surface area contributed by atoms with Crippen LogP contribution in [0.15, 0.2) is 48.5 Å². The summed E-state index contributed by atoms with van der Waals surface area (Å²) >= 11 is 0. The normalized spacial score (nSPS) is 15.4. The van der Waals surface area contributed by atoms with Gasteiger partial charge in [0.2, 0.25) is 0 Å². The van der Waals surface area contributed by atoms with E-state index in [0.29, 0.717) is 6.04 Å². The molecule has 0 N–H and O–H groups in total. The third-order valence-corrected chi connectivity index (χ3v) is 5.73. The third-order valence-electron chi connectivity index (χ3n) is 5.73. The fraction of sp³-hybridized carbons (Fsp3) is 0.391. The number of anilines is 3. The van der Waals surface area contributed by atoms with Crippen molar-refractivity contribution in [2.75, 3.05) is 9.80 Å². The quantitative estimate of drug-likeness (QED) is 0.637. The molecule has 0 amide bonds. The van der Waals surface area contributed by atoms with Crippen LogP contribution in [-0.4, -0.2) is 21.5 Å². The summed E-state index contributed by atoms with van der Waals surface area (Å²) < 4.78 is 4.23. The van der Waals surface area contributed by atoms with Gasteiger partial charge in [0, 0.05) is 19.2 Å². The SMILES string of the molecule is Cc1cc(-c2cccc(N3c4ccccc4N(C(C)C)C3(C)C)[n+]2C)n(C)n1. The number of aromatic nitrogens is 3. The van der Waals surface area contributed by atoms with Crippen molar-refractivity contribution >= 4 is 17.2 Å². The predicted octanol–water partition coefficient (Wildman–Crippen LogP) is 4.32. The number of hydrogen-bond donors (Lipinski definition) is 0. The van der Waals surface area contributed by atoms with Gasteiger partial charge in [-0.25, -0.2) is 9.47 Å². The van der Waals surface area contributed by atoms with Crippen molar-refractivity contribution in [2.45, 2.75) is 46.3 Å². The van der Waals surface area contributed by atoms with E-state index < -0.39 is 0 Å². The van der Waals surface area contributed by atoms with Gasteiger partial charge in [0.05, 0.1) is 18.4 Å². The molecule has 1 aliphatic rings. The summed E-state index contributed by atoms with van der Waals surface area (Å²) in [7, 11) is 4.15. The van der Waals surface area contributed by atoms with Gasteiger partial charge in [-0.2, -0.15) is 5.10 Å². The van der Waals surface area contributed by atoms with Crippen LogP contribution in [0.3, 0.4) is 0 Å². The van der Waals surface area contributed by atoms with Gasteiger partial charge in [-0.05, 0) is 65.0 Å². The molecule has 0 unspecified atom stereocenters. The van der Waals surface area contributed by atoms with Gasteiger partial charge in [-0.1, -0.05) is 12.1 Å². The molecular formula is C23H30N5+. The lowest BCUT2D eigenvalue weighted by molar-refractivity contribution is -0.647. The summed E-state index contributed by atoms with van der Waals surface area (Å²) in [5.74, 6) is 1.16. The summed E-state index contributed by atoms with van der Waals surface area (Å²) in [5.41, 5.74) is 5.64. The van der Waals surface area contributed by atoms with Crippen LogP contribution in [0.25, 0.3) is 11.4 Å². The van der Waals surface area contributed by atoms with E-state index in [4.69, 9.17) is 0 Å². The van der Waals surface area contributed by atoms with Crippen molar-refractivity contribution in [1.29, 1.82) is 0 Å². The smallest absolute Gasteiger partial charge is 0.284 e. The first-order valence-corrected chi connectivity index (χ1v) is 9.92. The van der Waals surface area contributed by atoms with E-state index in [-0.39, 0.29) is 5.66 Å². The molecule has 0 atom stereocenters. The maximum Gasteiger partial charge on any atom is 0.284 e. The molecule has 0 saturated carbocycles. The number of hydrogen-bond acceptors (Lipinski definition) is 3. The lowest BCUT2D eigenvalue weighted by Crippen LogP contribution is -2.56. The fourth-order valence-corrected chi connectivity index (χ4v) is 4.77. The Morgan fingerprint density at radius 1 is 1.00 bits per heavy atom. The maximum absolute atomic E-state index is 4.54. The zero-order chi connectivity index (χ0) is 20.2. The average Bonchev–Trinajstić information content (AvgIpc) is 3.07. The third kappa shape index (κ3) is 2.60. The van der Waals surface area contributed by atoms with Gasteiger partial charge in [0.25, 0.3) is 5.82 Å². The summed E-state index contributed by atoms with van der Waals surface area (Å²) in [6.45, 7) is 11.2. The van der Waals surface area contributed by atoms with Gasteiger partial charge < -0.3 is 4.90 Å². The first-order valence-electron chi connectivity index (χ1n) is 9.92. The van der Waals surface area contributed by atoms with Crippen molar-refractivity contribution in [2.24, 2.45) is 14.1 Å². The highest BCUT2D eigenvalue weighted by Crippen LogP contribution is 2.49. The number of pyridine rings is 1. The highest BCUT2D eigenvalue weighted by atomic mass is 15.5. The minimum Gasteiger partial charge on any atom is -0.325 e. The Morgan fingerprint density at radius 3 is 2.29 bits per heavy atom. The summed E-state index contributed by atoms with van der Waals surface area (Å²) in [6, 6.07) is 17.7. The molecule has 28 heavy (non-hydrogen) atoms. The summed E-state index contributed by atoms with van der Waals surface area (Å²) in [6.07, 6.45) is 0. The molecule has 2 aromatic heterocycles. The Kier molecular flexibility index (Phi) is 4.21. The number of rotatable bonds is 3. The molecule has 0 radical (unpaired) electrons. The van der Waals surface area contributed by atoms with Crippen molar-refractivity contribution in [3.05, 3.63) is 54.2 Å². The Hall–Kier alpha value is -2.82. The molecule has 0 aliphatic carbocycles. The second kappa shape index (κ2) is 6.36. The van der Waals surface area contributed by atoms with Crippen molar-refractivity contribution in [3.63, 3.8) is 0 Å². The number of benzene rings is 1. The van der Waals surface area contributed by atoms with E-state index in [0.717, 1.165) is 22.9 Å². The van der Waals surface area contributed by atoms with E-state index in [1.54, 1.807) is 0 Å². The van der Waals surface area contributed by atoms with Crippen molar-refractivity contribution in [3.8, 4) is 11.4 Å². The van der Waals surface area contributed by atoms with Crippen LogP contribution in [0.4, 0.5) is 17.2 Å². The topological polar surface area (TPSA) is 28.2 Å². The van der Waals surface area contributed by atoms with Crippen LogP contribution in [0.1, 0.15) is 33.4 Å². The van der Waals surface area contributed by atoms with Gasteiger partial charge in [0.15, 0.2) is 17.0 Å². The van der Waals surface area contributed by atoms with Crippen LogP contribution in [0.5, 0.6) is 0 Å². The van der Waals surface area contributed by atoms with Gasteiger partial charge in [-0.15, -0.1) is 0 Å². The minimum atomic E-state index is -0.184. The Balaban J connectivity index is 1.92. The Morgan fingerprint density at radius 2 is 1.68 bits per heavy atom. The Bertz CT molecular complexity index is 1030. The monoisotopic (exact) mass is 376 g/mol. The zero-order valence-corrected chi connectivity index (χ0v) is 17.9. The van der Waals surface area contributed by atoms with E-state index >= 15 is 0 Å². The first kappa shape index (κ1) is 18.5. The number of fused-ring (bicyclic) bond motifs is 1. The second-order valence-corrected chi connectivity index (χ2v) is 8.41. The highest BCUT2D eigenvalue weighted by Gasteiger charge is 2.51. The molecule has 0 spiro atoms. The van der Waals surface area contributed by atoms with Gasteiger partial charge in [0.1, 0.15) is 5.69 Å².